The van der Waals surface area contributed by atoms with Gasteiger partial charge in [-0.3, -0.25) is 5.21 Å². The predicted octanol–water partition coefficient (Wildman–Crippen LogP) is 1.73. The molecule has 1 heterocycles. The molecular formula is C10H11BrN2O2. The van der Waals surface area contributed by atoms with Gasteiger partial charge in [0.05, 0.1) is 12.1 Å². The number of pyridine rings is 1. The molecule has 4 nitrogen and oxygen atoms in total. The topological polar surface area (TPSA) is 56.6 Å². The smallest absolute Gasteiger partial charge is 0.152 e. The molecule has 15 heavy (non-hydrogen) atoms. The number of hydroxylamine groups is 1. The maximum Gasteiger partial charge on any atom is 0.152 e. The van der Waals surface area contributed by atoms with Gasteiger partial charge < -0.3 is 5.11 Å². The van der Waals surface area contributed by atoms with Gasteiger partial charge in [-0.05, 0) is 28.1 Å². The second-order valence-corrected chi connectivity index (χ2v) is 4.35. The maximum absolute atomic E-state index is 9.82. The second kappa shape index (κ2) is 4.30. The maximum atomic E-state index is 9.82. The minimum Gasteiger partial charge on any atom is -0.389 e. The fraction of sp³-hybridized carbons (Fsp3) is 0.300. The summed E-state index contributed by atoms with van der Waals surface area (Å²) in [7, 11) is 0. The van der Waals surface area contributed by atoms with E-state index in [4.69, 9.17) is 0 Å². The van der Waals surface area contributed by atoms with Crippen molar-refractivity contribution in [2.75, 3.05) is 5.06 Å². The van der Waals surface area contributed by atoms with Gasteiger partial charge in [0.2, 0.25) is 0 Å². The molecule has 0 amide bonds. The monoisotopic (exact) mass is 270 g/mol. The van der Waals surface area contributed by atoms with Gasteiger partial charge in [0.25, 0.3) is 0 Å². The summed E-state index contributed by atoms with van der Waals surface area (Å²) >= 11 is 3.27. The molecule has 1 aromatic heterocycles. The number of rotatable bonds is 2. The van der Waals surface area contributed by atoms with Crippen molar-refractivity contribution in [1.82, 2.24) is 4.98 Å². The van der Waals surface area contributed by atoms with E-state index in [1.165, 1.54) is 0 Å². The number of hydrogen-bond donors (Lipinski definition) is 2. The Labute approximate surface area is 96.0 Å². The van der Waals surface area contributed by atoms with Crippen LogP contribution < -0.4 is 5.06 Å². The molecule has 0 fully saturated rings. The first kappa shape index (κ1) is 10.6. The molecule has 1 aromatic rings. The molecule has 1 aliphatic carbocycles. The molecule has 2 atom stereocenters. The fourth-order valence-corrected chi connectivity index (χ4v) is 1.75. The number of aliphatic hydroxyl groups excluding tert-OH is 1. The van der Waals surface area contributed by atoms with Gasteiger partial charge in [-0.2, -0.15) is 0 Å². The SMILES string of the molecule is O[C@H]1C=C[C@H](N(O)c2ccc(Br)cn2)C1. The van der Waals surface area contributed by atoms with Gasteiger partial charge in [0.1, 0.15) is 0 Å². The lowest BCUT2D eigenvalue weighted by Crippen LogP contribution is -2.30. The summed E-state index contributed by atoms with van der Waals surface area (Å²) in [5.41, 5.74) is 0. The molecule has 80 valence electrons. The van der Waals surface area contributed by atoms with Gasteiger partial charge in [0, 0.05) is 17.1 Å². The lowest BCUT2D eigenvalue weighted by molar-refractivity contribution is 0.181. The highest BCUT2D eigenvalue weighted by atomic mass is 79.9. The van der Waals surface area contributed by atoms with Crippen molar-refractivity contribution in [3.05, 3.63) is 35.0 Å². The van der Waals surface area contributed by atoms with E-state index in [9.17, 15) is 10.3 Å². The summed E-state index contributed by atoms with van der Waals surface area (Å²) in [6, 6.07) is 3.32. The summed E-state index contributed by atoms with van der Waals surface area (Å²) < 4.78 is 0.863. The van der Waals surface area contributed by atoms with Gasteiger partial charge in [-0.25, -0.2) is 10.0 Å². The summed E-state index contributed by atoms with van der Waals surface area (Å²) in [5, 5.41) is 20.2. The van der Waals surface area contributed by atoms with Crippen molar-refractivity contribution in [2.24, 2.45) is 0 Å². The summed E-state index contributed by atoms with van der Waals surface area (Å²) in [6.45, 7) is 0. The second-order valence-electron chi connectivity index (χ2n) is 3.43. The van der Waals surface area contributed by atoms with Crippen molar-refractivity contribution in [1.29, 1.82) is 0 Å². The Morgan fingerprint density at radius 3 is 2.73 bits per heavy atom. The van der Waals surface area contributed by atoms with Crippen LogP contribution in [0, 0.1) is 0 Å². The molecular weight excluding hydrogens is 260 g/mol. The molecule has 2 rings (SSSR count). The summed E-state index contributed by atoms with van der Waals surface area (Å²) in [4.78, 5) is 4.06. The number of halogens is 1. The number of aliphatic hydroxyl groups is 1. The highest BCUT2D eigenvalue weighted by Crippen LogP contribution is 2.21. The molecule has 0 radical (unpaired) electrons. The van der Waals surface area contributed by atoms with Crippen molar-refractivity contribution in [3.63, 3.8) is 0 Å². The Bertz CT molecular complexity index is 366. The van der Waals surface area contributed by atoms with E-state index < -0.39 is 6.10 Å². The third kappa shape index (κ3) is 2.37. The van der Waals surface area contributed by atoms with Crippen LogP contribution in [0.3, 0.4) is 0 Å². The minimum absolute atomic E-state index is 0.200. The molecule has 2 N–H and O–H groups in total. The Balaban J connectivity index is 2.11. The van der Waals surface area contributed by atoms with E-state index in [1.54, 1.807) is 30.5 Å². The van der Waals surface area contributed by atoms with Crippen molar-refractivity contribution in [3.8, 4) is 0 Å². The quantitative estimate of drug-likeness (QED) is 0.635. The zero-order chi connectivity index (χ0) is 10.8. The molecule has 0 aromatic carbocycles. The van der Waals surface area contributed by atoms with E-state index >= 15 is 0 Å². The Morgan fingerprint density at radius 1 is 1.40 bits per heavy atom. The van der Waals surface area contributed by atoms with Crippen molar-refractivity contribution in [2.45, 2.75) is 18.6 Å². The first-order valence-corrected chi connectivity index (χ1v) is 5.42. The van der Waals surface area contributed by atoms with E-state index in [0.29, 0.717) is 12.2 Å². The molecule has 0 bridgehead atoms. The number of nitrogens with zero attached hydrogens (tertiary/aromatic N) is 2. The number of hydrogen-bond acceptors (Lipinski definition) is 4. The summed E-state index contributed by atoms with van der Waals surface area (Å²) in [5.74, 6) is 0.474. The van der Waals surface area contributed by atoms with Gasteiger partial charge in [0.15, 0.2) is 5.82 Å². The standard InChI is InChI=1S/C10H11BrN2O2/c11-7-1-4-10(12-6-7)13(15)8-2-3-9(14)5-8/h1-4,6,8-9,14-15H,5H2/t8-,9-/m0/s1. The molecule has 5 heteroatoms. The van der Waals surface area contributed by atoms with Crippen LogP contribution in [0.4, 0.5) is 5.82 Å². The van der Waals surface area contributed by atoms with Gasteiger partial charge >= 0.3 is 0 Å². The summed E-state index contributed by atoms with van der Waals surface area (Å²) in [6.07, 6.45) is 5.09. The molecule has 0 unspecified atom stereocenters. The normalized spacial score (nSPS) is 24.5. The Kier molecular flexibility index (Phi) is 3.04. The predicted molar refractivity (Wildman–Crippen MR) is 59.8 cm³/mol. The van der Waals surface area contributed by atoms with E-state index in [2.05, 4.69) is 20.9 Å². The average molecular weight is 271 g/mol. The largest absolute Gasteiger partial charge is 0.389 e. The average Bonchev–Trinajstić information content (AvgIpc) is 2.65. The Hall–Kier alpha value is -0.910. The molecule has 1 aliphatic rings. The highest BCUT2D eigenvalue weighted by molar-refractivity contribution is 9.10. The van der Waals surface area contributed by atoms with E-state index in [1.807, 2.05) is 0 Å². The van der Waals surface area contributed by atoms with Crippen LogP contribution in [-0.2, 0) is 0 Å². The minimum atomic E-state index is -0.472. The van der Waals surface area contributed by atoms with Gasteiger partial charge in [-0.15, -0.1) is 0 Å². The van der Waals surface area contributed by atoms with Crippen LogP contribution in [0.15, 0.2) is 35.0 Å². The zero-order valence-corrected chi connectivity index (χ0v) is 9.50. The van der Waals surface area contributed by atoms with E-state index in [0.717, 1.165) is 9.54 Å². The lowest BCUT2D eigenvalue weighted by atomic mass is 10.2. The molecule has 0 spiro atoms. The van der Waals surface area contributed by atoms with Crippen LogP contribution in [0.5, 0.6) is 0 Å². The van der Waals surface area contributed by atoms with Crippen LogP contribution in [-0.4, -0.2) is 27.4 Å². The molecule has 0 saturated carbocycles. The van der Waals surface area contributed by atoms with Gasteiger partial charge in [-0.1, -0.05) is 12.2 Å². The fourth-order valence-electron chi connectivity index (χ4n) is 1.52. The van der Waals surface area contributed by atoms with Crippen molar-refractivity contribution >= 4 is 21.7 Å². The van der Waals surface area contributed by atoms with E-state index in [-0.39, 0.29) is 6.04 Å². The number of anilines is 1. The van der Waals surface area contributed by atoms with Crippen LogP contribution in [0.2, 0.25) is 0 Å². The third-order valence-electron chi connectivity index (χ3n) is 2.30. The lowest BCUT2D eigenvalue weighted by Gasteiger charge is -2.21. The first-order chi connectivity index (χ1) is 7.16. The molecule has 0 aliphatic heterocycles. The number of aromatic nitrogens is 1. The van der Waals surface area contributed by atoms with Crippen LogP contribution in [0.1, 0.15) is 6.42 Å². The Morgan fingerprint density at radius 2 is 2.20 bits per heavy atom. The van der Waals surface area contributed by atoms with Crippen molar-refractivity contribution < 1.29 is 10.3 Å². The third-order valence-corrected chi connectivity index (χ3v) is 2.77. The van der Waals surface area contributed by atoms with Crippen LogP contribution in [0.25, 0.3) is 0 Å². The highest BCUT2D eigenvalue weighted by Gasteiger charge is 2.23. The first-order valence-electron chi connectivity index (χ1n) is 4.63. The molecule has 0 saturated heterocycles. The zero-order valence-electron chi connectivity index (χ0n) is 7.92. The van der Waals surface area contributed by atoms with Crippen LogP contribution >= 0.6 is 15.9 Å².